The molecule has 1 amide bonds. The summed E-state index contributed by atoms with van der Waals surface area (Å²) in [4.78, 5) is 24.8. The number of piperazine rings is 1. The molecule has 2 N–H and O–H groups in total. The fraction of sp³-hybridized carbons (Fsp3) is 0.450. The van der Waals surface area contributed by atoms with Crippen LogP contribution in [0.25, 0.3) is 0 Å². The Labute approximate surface area is 160 Å². The van der Waals surface area contributed by atoms with Gasteiger partial charge in [-0.2, -0.15) is 4.98 Å². The lowest BCUT2D eigenvalue weighted by Gasteiger charge is -2.34. The summed E-state index contributed by atoms with van der Waals surface area (Å²) < 4.78 is 0. The van der Waals surface area contributed by atoms with E-state index in [1.165, 1.54) is 12.5 Å². The molecule has 1 aliphatic rings. The minimum atomic E-state index is -0.0474. The number of anilines is 3. The second-order valence-electron chi connectivity index (χ2n) is 7.18. The Morgan fingerprint density at radius 3 is 2.44 bits per heavy atom. The van der Waals surface area contributed by atoms with E-state index in [0.717, 1.165) is 50.2 Å². The van der Waals surface area contributed by atoms with E-state index in [9.17, 15) is 4.79 Å². The van der Waals surface area contributed by atoms with Gasteiger partial charge in [0.05, 0.1) is 0 Å². The number of benzene rings is 1. The highest BCUT2D eigenvalue weighted by Gasteiger charge is 2.19. The zero-order valence-corrected chi connectivity index (χ0v) is 16.3. The van der Waals surface area contributed by atoms with E-state index in [1.807, 2.05) is 24.4 Å². The second kappa shape index (κ2) is 8.81. The van der Waals surface area contributed by atoms with Gasteiger partial charge >= 0.3 is 0 Å². The third-order valence-corrected chi connectivity index (χ3v) is 4.42. The molecule has 0 spiro atoms. The quantitative estimate of drug-likeness (QED) is 0.816. The number of amides is 1. The number of nitrogens with one attached hydrogen (secondary N) is 2. The van der Waals surface area contributed by atoms with Gasteiger partial charge in [-0.15, -0.1) is 0 Å². The Hall–Kier alpha value is -2.67. The average molecular weight is 368 g/mol. The van der Waals surface area contributed by atoms with Gasteiger partial charge in [-0.1, -0.05) is 12.1 Å². The Morgan fingerprint density at radius 2 is 1.81 bits per heavy atom. The van der Waals surface area contributed by atoms with Crippen molar-refractivity contribution in [3.8, 4) is 0 Å². The molecule has 144 valence electrons. The molecule has 0 aliphatic carbocycles. The molecule has 3 rings (SSSR count). The van der Waals surface area contributed by atoms with Gasteiger partial charge in [0, 0.05) is 57.6 Å². The Kier molecular flexibility index (Phi) is 6.24. The number of carbonyl (C=O) groups is 1. The number of nitrogens with zero attached hydrogens (tertiary/aromatic N) is 4. The average Bonchev–Trinajstić information content (AvgIpc) is 2.63. The topological polar surface area (TPSA) is 73.4 Å². The fourth-order valence-electron chi connectivity index (χ4n) is 3.14. The van der Waals surface area contributed by atoms with Gasteiger partial charge in [-0.25, -0.2) is 4.98 Å². The zero-order chi connectivity index (χ0) is 19.2. The standard InChI is InChI=1S/C20H28N6O/c1-15(2)22-19-8-9-21-20(24-19)26-12-10-25(11-13-26)14-17-4-6-18(7-5-17)23-16(3)27/h4-9,15H,10-14H2,1-3H3,(H,23,27)(H,21,22,24). The van der Waals surface area contributed by atoms with Crippen LogP contribution in [0.4, 0.5) is 17.5 Å². The molecule has 0 saturated carbocycles. The summed E-state index contributed by atoms with van der Waals surface area (Å²) in [5.41, 5.74) is 2.08. The van der Waals surface area contributed by atoms with Crippen LogP contribution in [0.1, 0.15) is 26.3 Å². The van der Waals surface area contributed by atoms with E-state index < -0.39 is 0 Å². The van der Waals surface area contributed by atoms with Crippen LogP contribution in [0, 0.1) is 0 Å². The highest BCUT2D eigenvalue weighted by molar-refractivity contribution is 5.88. The molecule has 1 saturated heterocycles. The summed E-state index contributed by atoms with van der Waals surface area (Å²) in [5.74, 6) is 1.62. The Morgan fingerprint density at radius 1 is 1.11 bits per heavy atom. The maximum atomic E-state index is 11.1. The third-order valence-electron chi connectivity index (χ3n) is 4.42. The van der Waals surface area contributed by atoms with Crippen LogP contribution in [-0.4, -0.2) is 53.0 Å². The molecule has 2 aromatic rings. The van der Waals surface area contributed by atoms with E-state index in [2.05, 4.69) is 56.4 Å². The highest BCUT2D eigenvalue weighted by atomic mass is 16.1. The summed E-state index contributed by atoms with van der Waals surface area (Å²) in [7, 11) is 0. The normalized spacial score (nSPS) is 15.0. The number of hydrogen-bond acceptors (Lipinski definition) is 6. The first-order chi connectivity index (χ1) is 13.0. The van der Waals surface area contributed by atoms with Crippen molar-refractivity contribution < 1.29 is 4.79 Å². The van der Waals surface area contributed by atoms with Crippen molar-refractivity contribution in [2.24, 2.45) is 0 Å². The molecule has 0 unspecified atom stereocenters. The third kappa shape index (κ3) is 5.65. The van der Waals surface area contributed by atoms with Gasteiger partial charge in [0.15, 0.2) is 0 Å². The van der Waals surface area contributed by atoms with Crippen LogP contribution in [0.3, 0.4) is 0 Å². The molecule has 1 aromatic heterocycles. The molecule has 1 aromatic carbocycles. The smallest absolute Gasteiger partial charge is 0.227 e. The summed E-state index contributed by atoms with van der Waals surface area (Å²) in [6.45, 7) is 10.4. The number of carbonyl (C=O) groups excluding carboxylic acids is 1. The van der Waals surface area contributed by atoms with E-state index in [4.69, 9.17) is 0 Å². The zero-order valence-electron chi connectivity index (χ0n) is 16.3. The van der Waals surface area contributed by atoms with Crippen molar-refractivity contribution >= 4 is 23.4 Å². The summed E-state index contributed by atoms with van der Waals surface area (Å²) in [5, 5.41) is 6.13. The van der Waals surface area contributed by atoms with Gasteiger partial charge in [-0.05, 0) is 37.6 Å². The molecule has 1 fully saturated rings. The first-order valence-electron chi connectivity index (χ1n) is 9.43. The fourth-order valence-corrected chi connectivity index (χ4v) is 3.14. The van der Waals surface area contributed by atoms with Crippen molar-refractivity contribution in [3.63, 3.8) is 0 Å². The lowest BCUT2D eigenvalue weighted by Crippen LogP contribution is -2.46. The predicted octanol–water partition coefficient (Wildman–Crippen LogP) is 2.58. The highest BCUT2D eigenvalue weighted by Crippen LogP contribution is 2.16. The molecule has 7 heteroatoms. The molecule has 7 nitrogen and oxygen atoms in total. The molecule has 27 heavy (non-hydrogen) atoms. The number of rotatable bonds is 6. The van der Waals surface area contributed by atoms with Crippen molar-refractivity contribution in [3.05, 3.63) is 42.1 Å². The van der Waals surface area contributed by atoms with Gasteiger partial charge in [0.2, 0.25) is 11.9 Å². The van der Waals surface area contributed by atoms with E-state index >= 15 is 0 Å². The number of aromatic nitrogens is 2. The lowest BCUT2D eigenvalue weighted by atomic mass is 10.2. The molecule has 1 aliphatic heterocycles. The molecule has 0 radical (unpaired) electrons. The first-order valence-corrected chi connectivity index (χ1v) is 9.43. The Balaban J connectivity index is 1.52. The Bertz CT molecular complexity index is 753. The second-order valence-corrected chi connectivity index (χ2v) is 7.18. The number of hydrogen-bond donors (Lipinski definition) is 2. The van der Waals surface area contributed by atoms with Crippen molar-refractivity contribution in [1.29, 1.82) is 0 Å². The molecular formula is C20H28N6O. The summed E-state index contributed by atoms with van der Waals surface area (Å²) in [6, 6.07) is 10.3. The van der Waals surface area contributed by atoms with E-state index in [-0.39, 0.29) is 5.91 Å². The predicted molar refractivity (Wildman–Crippen MR) is 109 cm³/mol. The van der Waals surface area contributed by atoms with Crippen LogP contribution < -0.4 is 15.5 Å². The first kappa shape index (κ1) is 19.1. The van der Waals surface area contributed by atoms with Crippen LogP contribution in [-0.2, 0) is 11.3 Å². The van der Waals surface area contributed by atoms with Crippen molar-refractivity contribution in [2.75, 3.05) is 41.7 Å². The van der Waals surface area contributed by atoms with Crippen LogP contribution in [0.2, 0.25) is 0 Å². The SMILES string of the molecule is CC(=O)Nc1ccc(CN2CCN(c3nccc(NC(C)C)n3)CC2)cc1. The summed E-state index contributed by atoms with van der Waals surface area (Å²) in [6.07, 6.45) is 1.82. The minimum Gasteiger partial charge on any atom is -0.368 e. The van der Waals surface area contributed by atoms with Crippen molar-refractivity contribution in [2.45, 2.75) is 33.4 Å². The van der Waals surface area contributed by atoms with Gasteiger partial charge in [-0.3, -0.25) is 9.69 Å². The van der Waals surface area contributed by atoms with Gasteiger partial charge in [0.1, 0.15) is 5.82 Å². The molecule has 2 heterocycles. The largest absolute Gasteiger partial charge is 0.368 e. The minimum absolute atomic E-state index is 0.0474. The molecule has 0 atom stereocenters. The monoisotopic (exact) mass is 368 g/mol. The van der Waals surface area contributed by atoms with Crippen LogP contribution in [0.15, 0.2) is 36.5 Å². The van der Waals surface area contributed by atoms with E-state index in [0.29, 0.717) is 6.04 Å². The van der Waals surface area contributed by atoms with Gasteiger partial charge in [0.25, 0.3) is 0 Å². The summed E-state index contributed by atoms with van der Waals surface area (Å²) >= 11 is 0. The van der Waals surface area contributed by atoms with Crippen LogP contribution in [0.5, 0.6) is 0 Å². The van der Waals surface area contributed by atoms with Gasteiger partial charge < -0.3 is 15.5 Å². The maximum Gasteiger partial charge on any atom is 0.227 e. The maximum absolute atomic E-state index is 11.1. The molecular weight excluding hydrogens is 340 g/mol. The van der Waals surface area contributed by atoms with Crippen LogP contribution >= 0.6 is 0 Å². The lowest BCUT2D eigenvalue weighted by molar-refractivity contribution is -0.114. The van der Waals surface area contributed by atoms with E-state index in [1.54, 1.807) is 0 Å². The van der Waals surface area contributed by atoms with Crippen molar-refractivity contribution in [1.82, 2.24) is 14.9 Å². The molecule has 0 bridgehead atoms.